The highest BCUT2D eigenvalue weighted by atomic mass is 32.1. The molecule has 1 aromatic heterocycles. The van der Waals surface area contributed by atoms with Gasteiger partial charge in [-0.05, 0) is 91.1 Å². The lowest BCUT2D eigenvalue weighted by atomic mass is 9.85. The van der Waals surface area contributed by atoms with E-state index in [1.165, 1.54) is 88.2 Å². The molecule has 0 atom stereocenters. The number of aromatic nitrogens is 1. The molecule has 2 heteroatoms. The number of fused-ring (bicyclic) bond motifs is 4. The van der Waals surface area contributed by atoms with Crippen molar-refractivity contribution in [2.24, 2.45) is 0 Å². The van der Waals surface area contributed by atoms with E-state index in [-0.39, 0.29) is 0 Å². The van der Waals surface area contributed by atoms with Crippen LogP contribution >= 0.6 is 11.3 Å². The Balaban J connectivity index is 1.40. The lowest BCUT2D eigenvalue weighted by Crippen LogP contribution is -1.97. The second-order valence-corrected chi connectivity index (χ2v) is 14.0. The van der Waals surface area contributed by atoms with Crippen LogP contribution in [0.3, 0.4) is 0 Å². The number of rotatable bonds is 6. The lowest BCUT2D eigenvalue weighted by Gasteiger charge is -2.18. The maximum atomic E-state index is 5.38. The third kappa shape index (κ3) is 4.87. The van der Waals surface area contributed by atoms with Gasteiger partial charge >= 0.3 is 0 Å². The molecule has 2 aliphatic carbocycles. The number of hydrogen-bond donors (Lipinski definition) is 0. The van der Waals surface area contributed by atoms with Crippen molar-refractivity contribution in [1.82, 2.24) is 4.98 Å². The second-order valence-electron chi connectivity index (χ2n) is 13.0. The first-order valence-corrected chi connectivity index (χ1v) is 18.2. The number of thiazole rings is 1. The summed E-state index contributed by atoms with van der Waals surface area (Å²) < 4.78 is 1.19. The molecule has 0 saturated carbocycles. The molecule has 51 heavy (non-hydrogen) atoms. The Labute approximate surface area is 301 Å². The van der Waals surface area contributed by atoms with Gasteiger partial charge in [-0.1, -0.05) is 164 Å². The summed E-state index contributed by atoms with van der Waals surface area (Å²) in [6.07, 6.45) is 0. The first-order valence-electron chi connectivity index (χ1n) is 17.4. The summed E-state index contributed by atoms with van der Waals surface area (Å²) in [6, 6.07) is 67.9. The molecule has 238 valence electrons. The van der Waals surface area contributed by atoms with E-state index < -0.39 is 0 Å². The molecule has 7 aromatic carbocycles. The number of hydrogen-bond acceptors (Lipinski definition) is 2. The molecule has 10 rings (SSSR count). The highest BCUT2D eigenvalue weighted by Crippen LogP contribution is 2.62. The van der Waals surface area contributed by atoms with E-state index in [0.717, 1.165) is 10.5 Å². The summed E-state index contributed by atoms with van der Waals surface area (Å²) in [5, 5.41) is 1.04. The average molecular weight is 666 g/mol. The molecule has 0 aliphatic heterocycles. The van der Waals surface area contributed by atoms with Crippen LogP contribution in [0.5, 0.6) is 0 Å². The topological polar surface area (TPSA) is 12.9 Å². The van der Waals surface area contributed by atoms with Crippen LogP contribution in [0, 0.1) is 0 Å². The van der Waals surface area contributed by atoms with E-state index in [1.54, 1.807) is 11.3 Å². The van der Waals surface area contributed by atoms with Crippen molar-refractivity contribution in [2.45, 2.75) is 0 Å². The summed E-state index contributed by atoms with van der Waals surface area (Å²) >= 11 is 1.79. The van der Waals surface area contributed by atoms with Crippen molar-refractivity contribution in [1.29, 1.82) is 0 Å². The van der Waals surface area contributed by atoms with Gasteiger partial charge in [-0.2, -0.15) is 0 Å². The van der Waals surface area contributed by atoms with E-state index in [2.05, 4.69) is 188 Å². The summed E-state index contributed by atoms with van der Waals surface area (Å²) in [7, 11) is 0. The van der Waals surface area contributed by atoms with Crippen LogP contribution in [0.25, 0.3) is 60.3 Å². The van der Waals surface area contributed by atoms with Crippen LogP contribution < -0.4 is 0 Å². The maximum absolute atomic E-state index is 5.38. The second kappa shape index (κ2) is 12.2. The van der Waals surface area contributed by atoms with Crippen LogP contribution in [0.1, 0.15) is 32.8 Å². The highest BCUT2D eigenvalue weighted by Gasteiger charge is 2.41. The Morgan fingerprint density at radius 3 is 1.18 bits per heavy atom. The van der Waals surface area contributed by atoms with E-state index in [4.69, 9.17) is 4.98 Å². The van der Waals surface area contributed by atoms with Crippen molar-refractivity contribution >= 4 is 49.4 Å². The van der Waals surface area contributed by atoms with Crippen molar-refractivity contribution in [3.05, 3.63) is 226 Å². The molecular weight excluding hydrogens is 635 g/mol. The van der Waals surface area contributed by atoms with Gasteiger partial charge in [-0.15, -0.1) is 11.3 Å². The Morgan fingerprint density at radius 2 is 0.686 bits per heavy atom. The van der Waals surface area contributed by atoms with Gasteiger partial charge in [0.15, 0.2) is 0 Å². The Morgan fingerprint density at radius 1 is 0.294 bits per heavy atom. The predicted octanol–water partition coefficient (Wildman–Crippen LogP) is 13.0. The zero-order chi connectivity index (χ0) is 33.7. The van der Waals surface area contributed by atoms with Crippen molar-refractivity contribution < 1.29 is 0 Å². The number of nitrogens with zero attached hydrogens (tertiary/aromatic N) is 1. The standard InChI is InChI=1S/C49H31NS/c1-6-18-32(19-7-1)37-30-39-40(31-38(37)33-20-8-2-9-21-33)46-47(43(39)34-22-10-3-11-23-34)44(35-24-12-4-13-25-35)45(36-26-14-5-15-27-36)48(46)49-50-41-28-16-17-29-42(41)51-49/h1-31H. The molecule has 8 aromatic rings. The minimum Gasteiger partial charge on any atom is -0.236 e. The minimum absolute atomic E-state index is 1.03. The van der Waals surface area contributed by atoms with Gasteiger partial charge in [0.2, 0.25) is 0 Å². The van der Waals surface area contributed by atoms with Gasteiger partial charge in [0.25, 0.3) is 0 Å². The Kier molecular flexibility index (Phi) is 7.07. The van der Waals surface area contributed by atoms with Crippen LogP contribution in [0.15, 0.2) is 194 Å². The molecule has 0 radical (unpaired) electrons. The average Bonchev–Trinajstić information content (AvgIpc) is 3.89. The van der Waals surface area contributed by atoms with Crippen molar-refractivity contribution in [3.8, 4) is 22.3 Å². The molecule has 0 spiro atoms. The molecule has 0 amide bonds. The predicted molar refractivity (Wildman–Crippen MR) is 216 cm³/mol. The third-order valence-electron chi connectivity index (χ3n) is 10.1. The normalized spacial score (nSPS) is 13.6. The monoisotopic (exact) mass is 665 g/mol. The molecule has 0 bridgehead atoms. The molecule has 1 heterocycles. The molecule has 0 unspecified atom stereocenters. The zero-order valence-electron chi connectivity index (χ0n) is 27.8. The SMILES string of the molecule is c1ccc(C2=C(c3ccccc3)C(c3nc4ccccc4s3)=C3C2=C(c2ccccc2)c2cc(-c4ccccc4)c(-c4ccccc4)cc23)cc1. The third-order valence-corrected chi connectivity index (χ3v) is 11.1. The first-order chi connectivity index (χ1) is 25.3. The Bertz CT molecular complexity index is 2650. The first kappa shape index (κ1) is 29.6. The minimum atomic E-state index is 1.03. The smallest absolute Gasteiger partial charge is 0.125 e. The number of para-hydroxylation sites is 1. The lowest BCUT2D eigenvalue weighted by molar-refractivity contribution is 1.44. The summed E-state index contributed by atoms with van der Waals surface area (Å²) in [5.41, 5.74) is 19.5. The van der Waals surface area contributed by atoms with Gasteiger partial charge in [0.1, 0.15) is 5.01 Å². The number of allylic oxidation sites excluding steroid dienone is 5. The van der Waals surface area contributed by atoms with E-state index in [1.807, 2.05) is 0 Å². The summed E-state index contributed by atoms with van der Waals surface area (Å²) in [4.78, 5) is 5.38. The molecule has 1 nitrogen and oxygen atoms in total. The van der Waals surface area contributed by atoms with Gasteiger partial charge in [0.05, 0.1) is 10.2 Å². The molecule has 2 aliphatic rings. The van der Waals surface area contributed by atoms with E-state index in [0.29, 0.717) is 0 Å². The van der Waals surface area contributed by atoms with Crippen molar-refractivity contribution in [2.75, 3.05) is 0 Å². The fourth-order valence-corrected chi connectivity index (χ4v) is 8.91. The Hall–Kier alpha value is -6.35. The van der Waals surface area contributed by atoms with Crippen molar-refractivity contribution in [3.63, 3.8) is 0 Å². The highest BCUT2D eigenvalue weighted by molar-refractivity contribution is 7.19. The molecule has 0 N–H and O–H groups in total. The quantitative estimate of drug-likeness (QED) is 0.172. The number of benzene rings is 7. The molecule has 0 saturated heterocycles. The summed E-state index contributed by atoms with van der Waals surface area (Å²) in [6.45, 7) is 0. The van der Waals surface area contributed by atoms with Crippen LogP contribution in [-0.4, -0.2) is 4.98 Å². The summed E-state index contributed by atoms with van der Waals surface area (Å²) in [5.74, 6) is 0. The fourth-order valence-electron chi connectivity index (χ4n) is 7.89. The molecular formula is C49H31NS. The van der Waals surface area contributed by atoms with Crippen LogP contribution in [0.4, 0.5) is 0 Å². The zero-order valence-corrected chi connectivity index (χ0v) is 28.6. The van der Waals surface area contributed by atoms with Crippen LogP contribution in [0.2, 0.25) is 0 Å². The van der Waals surface area contributed by atoms with E-state index >= 15 is 0 Å². The largest absolute Gasteiger partial charge is 0.236 e. The van der Waals surface area contributed by atoms with Gasteiger partial charge in [0, 0.05) is 16.7 Å². The van der Waals surface area contributed by atoms with E-state index in [9.17, 15) is 0 Å². The fraction of sp³-hybridized carbons (Fsp3) is 0. The van der Waals surface area contributed by atoms with Gasteiger partial charge in [-0.25, -0.2) is 4.98 Å². The maximum Gasteiger partial charge on any atom is 0.125 e. The van der Waals surface area contributed by atoms with Crippen LogP contribution in [-0.2, 0) is 0 Å². The van der Waals surface area contributed by atoms with Gasteiger partial charge in [-0.3, -0.25) is 0 Å². The molecule has 0 fully saturated rings. The van der Waals surface area contributed by atoms with Gasteiger partial charge < -0.3 is 0 Å².